The van der Waals surface area contributed by atoms with Gasteiger partial charge in [0, 0.05) is 5.25 Å². The van der Waals surface area contributed by atoms with Crippen molar-refractivity contribution in [3.63, 3.8) is 0 Å². The Balaban J connectivity index is 3.37. The molecule has 96 valence electrons. The zero-order chi connectivity index (χ0) is 12.4. The van der Waals surface area contributed by atoms with Crippen molar-refractivity contribution in [3.8, 4) is 0 Å². The van der Waals surface area contributed by atoms with Crippen LogP contribution in [0.2, 0.25) is 0 Å². The van der Waals surface area contributed by atoms with Gasteiger partial charge in [0.15, 0.2) is 0 Å². The fourth-order valence-corrected chi connectivity index (χ4v) is 2.32. The fraction of sp³-hybridized carbons (Fsp3) is 0.867. The molecule has 0 saturated carbocycles. The Kier molecular flexibility index (Phi) is 10.3. The Hall–Kier alpha value is 0.0900. The Morgan fingerprint density at radius 1 is 1.00 bits per heavy atom. The number of allylic oxidation sites excluding steroid dienone is 1. The van der Waals surface area contributed by atoms with Crippen molar-refractivity contribution in [1.82, 2.24) is 0 Å². The largest absolute Gasteiger partial charge is 0.162 e. The highest BCUT2D eigenvalue weighted by molar-refractivity contribution is 7.99. The first kappa shape index (κ1) is 16.1. The van der Waals surface area contributed by atoms with Crippen molar-refractivity contribution < 1.29 is 0 Å². The quantitative estimate of drug-likeness (QED) is 0.453. The number of rotatable bonds is 10. The predicted molar refractivity (Wildman–Crippen MR) is 79.2 cm³/mol. The molecule has 0 spiro atoms. The van der Waals surface area contributed by atoms with Crippen LogP contribution in [0.25, 0.3) is 0 Å². The first-order valence-electron chi connectivity index (χ1n) is 6.75. The van der Waals surface area contributed by atoms with Crippen LogP contribution in [0.15, 0.2) is 12.7 Å². The van der Waals surface area contributed by atoms with Crippen LogP contribution in [-0.4, -0.2) is 11.5 Å². The van der Waals surface area contributed by atoms with Crippen LogP contribution in [0, 0.1) is 11.8 Å². The third kappa shape index (κ3) is 9.33. The lowest BCUT2D eigenvalue weighted by Crippen LogP contribution is -2.00. The smallest absolute Gasteiger partial charge is 0.00159 e. The number of hydrogen-bond donors (Lipinski definition) is 0. The molecule has 0 fully saturated rings. The topological polar surface area (TPSA) is 0 Å². The van der Waals surface area contributed by atoms with E-state index in [9.17, 15) is 0 Å². The van der Waals surface area contributed by atoms with Gasteiger partial charge in [0.05, 0.1) is 0 Å². The molecule has 0 nitrogen and oxygen atoms in total. The minimum atomic E-state index is 0.698. The van der Waals surface area contributed by atoms with Crippen LogP contribution >= 0.6 is 11.8 Å². The van der Waals surface area contributed by atoms with E-state index in [4.69, 9.17) is 0 Å². The van der Waals surface area contributed by atoms with Crippen LogP contribution < -0.4 is 0 Å². The molecule has 0 aliphatic heterocycles. The van der Waals surface area contributed by atoms with Gasteiger partial charge in [-0.1, -0.05) is 52.5 Å². The molecule has 0 rings (SSSR count). The van der Waals surface area contributed by atoms with Crippen LogP contribution in [0.4, 0.5) is 0 Å². The first-order chi connectivity index (χ1) is 7.60. The van der Waals surface area contributed by atoms with Crippen molar-refractivity contribution in [2.75, 3.05) is 6.26 Å². The van der Waals surface area contributed by atoms with E-state index in [0.717, 1.165) is 11.2 Å². The van der Waals surface area contributed by atoms with Gasteiger partial charge in [-0.2, -0.15) is 11.8 Å². The van der Waals surface area contributed by atoms with Gasteiger partial charge in [-0.15, -0.1) is 6.58 Å². The van der Waals surface area contributed by atoms with E-state index in [1.165, 1.54) is 38.5 Å². The van der Waals surface area contributed by atoms with E-state index in [2.05, 4.69) is 39.7 Å². The lowest BCUT2D eigenvalue weighted by Gasteiger charge is -2.13. The molecule has 0 aromatic carbocycles. The van der Waals surface area contributed by atoms with Crippen molar-refractivity contribution in [3.05, 3.63) is 12.7 Å². The monoisotopic (exact) mass is 242 g/mol. The van der Waals surface area contributed by atoms with Gasteiger partial charge in [0.25, 0.3) is 0 Å². The molecule has 0 heterocycles. The lowest BCUT2D eigenvalue weighted by molar-refractivity contribution is 0.431. The molecule has 0 aromatic heterocycles. The van der Waals surface area contributed by atoms with Gasteiger partial charge in [-0.25, -0.2) is 0 Å². The Morgan fingerprint density at radius 2 is 1.56 bits per heavy atom. The molecule has 16 heavy (non-hydrogen) atoms. The molecule has 0 radical (unpaired) electrons. The standard InChI is InChI=1S/C15H30S/c1-6-13(2)9-7-10-14(3)11-8-12-15(4)16-5/h6,13-15H,1,7-12H2,2-5H3. The van der Waals surface area contributed by atoms with E-state index in [0.29, 0.717) is 5.92 Å². The average molecular weight is 242 g/mol. The highest BCUT2D eigenvalue weighted by Gasteiger charge is 2.05. The zero-order valence-corrected chi connectivity index (χ0v) is 12.5. The summed E-state index contributed by atoms with van der Waals surface area (Å²) < 4.78 is 0. The van der Waals surface area contributed by atoms with Gasteiger partial charge in [0.1, 0.15) is 0 Å². The molecule has 0 amide bonds. The maximum atomic E-state index is 3.83. The Labute approximate surface area is 107 Å². The fourth-order valence-electron chi connectivity index (χ4n) is 1.92. The van der Waals surface area contributed by atoms with E-state index in [1.54, 1.807) is 0 Å². The van der Waals surface area contributed by atoms with Gasteiger partial charge >= 0.3 is 0 Å². The summed E-state index contributed by atoms with van der Waals surface area (Å²) in [4.78, 5) is 0. The second-order valence-electron chi connectivity index (χ2n) is 5.23. The van der Waals surface area contributed by atoms with E-state index < -0.39 is 0 Å². The van der Waals surface area contributed by atoms with E-state index in [1.807, 2.05) is 11.8 Å². The second kappa shape index (κ2) is 10.3. The third-order valence-electron chi connectivity index (χ3n) is 3.47. The normalized spacial score (nSPS) is 16.8. The van der Waals surface area contributed by atoms with Gasteiger partial charge < -0.3 is 0 Å². The molecule has 0 aliphatic rings. The van der Waals surface area contributed by atoms with Crippen LogP contribution in [0.5, 0.6) is 0 Å². The maximum absolute atomic E-state index is 3.83. The molecule has 0 aliphatic carbocycles. The van der Waals surface area contributed by atoms with Gasteiger partial charge in [-0.05, 0) is 30.9 Å². The summed E-state index contributed by atoms with van der Waals surface area (Å²) in [7, 11) is 0. The molecule has 3 atom stereocenters. The summed E-state index contributed by atoms with van der Waals surface area (Å²) in [6.45, 7) is 10.8. The van der Waals surface area contributed by atoms with Gasteiger partial charge in [-0.3, -0.25) is 0 Å². The summed E-state index contributed by atoms with van der Waals surface area (Å²) in [5, 5.41) is 0.841. The summed E-state index contributed by atoms with van der Waals surface area (Å²) in [5.41, 5.74) is 0. The molecule has 0 saturated heterocycles. The van der Waals surface area contributed by atoms with Crippen molar-refractivity contribution in [1.29, 1.82) is 0 Å². The van der Waals surface area contributed by atoms with Crippen LogP contribution in [-0.2, 0) is 0 Å². The molecule has 3 unspecified atom stereocenters. The first-order valence-corrected chi connectivity index (χ1v) is 8.04. The molecule has 0 aromatic rings. The average Bonchev–Trinajstić information content (AvgIpc) is 2.28. The predicted octanol–water partition coefficient (Wildman–Crippen LogP) is 5.54. The number of hydrogen-bond acceptors (Lipinski definition) is 1. The summed E-state index contributed by atoms with van der Waals surface area (Å²) in [5.74, 6) is 1.61. The van der Waals surface area contributed by atoms with Crippen molar-refractivity contribution in [2.45, 2.75) is 64.5 Å². The zero-order valence-electron chi connectivity index (χ0n) is 11.7. The Bertz CT molecular complexity index is 165. The molecule has 0 N–H and O–H groups in total. The summed E-state index contributed by atoms with van der Waals surface area (Å²) in [6.07, 6.45) is 12.6. The summed E-state index contributed by atoms with van der Waals surface area (Å²) >= 11 is 1.99. The second-order valence-corrected chi connectivity index (χ2v) is 6.50. The minimum absolute atomic E-state index is 0.698. The SMILES string of the molecule is C=CC(C)CCCC(C)CCCC(C)SC. The molecule has 1 heteroatoms. The molecular formula is C15H30S. The highest BCUT2D eigenvalue weighted by atomic mass is 32.2. The van der Waals surface area contributed by atoms with Crippen molar-refractivity contribution in [2.24, 2.45) is 11.8 Å². The van der Waals surface area contributed by atoms with Crippen molar-refractivity contribution >= 4 is 11.8 Å². The highest BCUT2D eigenvalue weighted by Crippen LogP contribution is 2.20. The number of thioether (sulfide) groups is 1. The lowest BCUT2D eigenvalue weighted by atomic mass is 9.95. The molecule has 0 bridgehead atoms. The van der Waals surface area contributed by atoms with Crippen LogP contribution in [0.3, 0.4) is 0 Å². The maximum Gasteiger partial charge on any atom is 0.00159 e. The summed E-state index contributed by atoms with van der Waals surface area (Å²) in [6, 6.07) is 0. The van der Waals surface area contributed by atoms with Crippen LogP contribution in [0.1, 0.15) is 59.3 Å². The Morgan fingerprint density at radius 3 is 2.06 bits per heavy atom. The van der Waals surface area contributed by atoms with E-state index in [-0.39, 0.29) is 0 Å². The van der Waals surface area contributed by atoms with E-state index >= 15 is 0 Å². The third-order valence-corrected chi connectivity index (χ3v) is 4.51. The molecular weight excluding hydrogens is 212 g/mol. The minimum Gasteiger partial charge on any atom is -0.162 e. The van der Waals surface area contributed by atoms with Gasteiger partial charge in [0.2, 0.25) is 0 Å².